The molecule has 2 aromatic rings. The first-order valence-corrected chi connectivity index (χ1v) is 8.03. The molecule has 3 heterocycles. The average Bonchev–Trinajstić information content (AvgIpc) is 2.88. The molecule has 0 spiro atoms. The minimum atomic E-state index is -0.0522. The monoisotopic (exact) mass is 333 g/mol. The maximum atomic E-state index is 12.6. The molecule has 1 aliphatic heterocycles. The third-order valence-electron chi connectivity index (χ3n) is 4.25. The van der Waals surface area contributed by atoms with Crippen molar-refractivity contribution in [3.8, 4) is 0 Å². The summed E-state index contributed by atoms with van der Waals surface area (Å²) in [6.45, 7) is 5.93. The number of pyridine rings is 1. The average molecular weight is 334 g/mol. The van der Waals surface area contributed by atoms with Crippen LogP contribution in [-0.4, -0.2) is 56.7 Å². The lowest BCUT2D eigenvalue weighted by Gasteiger charge is -2.34. The molecule has 1 aliphatic rings. The number of halogens is 1. The number of nitrogens with zero attached hydrogens (tertiary/aromatic N) is 5. The SMILES string of the molecule is Cc1cccnc1CN1CCN(C(=O)c2c(Cl)cnn2C)CC1. The van der Waals surface area contributed by atoms with Gasteiger partial charge in [0.05, 0.1) is 16.9 Å². The van der Waals surface area contributed by atoms with Crippen molar-refractivity contribution in [2.45, 2.75) is 13.5 Å². The highest BCUT2D eigenvalue weighted by molar-refractivity contribution is 6.33. The molecular formula is C16H20ClN5O. The first kappa shape index (κ1) is 16.0. The molecular weight excluding hydrogens is 314 g/mol. The number of aryl methyl sites for hydroxylation is 2. The predicted molar refractivity (Wildman–Crippen MR) is 88.4 cm³/mol. The second-order valence-electron chi connectivity index (χ2n) is 5.80. The zero-order valence-corrected chi connectivity index (χ0v) is 14.1. The second-order valence-corrected chi connectivity index (χ2v) is 6.21. The van der Waals surface area contributed by atoms with Gasteiger partial charge in [0, 0.05) is 46.0 Å². The lowest BCUT2D eigenvalue weighted by molar-refractivity contribution is 0.0616. The lowest BCUT2D eigenvalue weighted by atomic mass is 10.2. The fraction of sp³-hybridized carbons (Fsp3) is 0.438. The first-order valence-electron chi connectivity index (χ1n) is 7.66. The summed E-state index contributed by atoms with van der Waals surface area (Å²) in [5, 5.41) is 4.44. The van der Waals surface area contributed by atoms with E-state index in [4.69, 9.17) is 11.6 Å². The van der Waals surface area contributed by atoms with E-state index in [1.807, 2.05) is 17.2 Å². The molecule has 1 fully saturated rings. The molecule has 6 nitrogen and oxygen atoms in total. The van der Waals surface area contributed by atoms with Crippen LogP contribution in [0.2, 0.25) is 5.02 Å². The third-order valence-corrected chi connectivity index (χ3v) is 4.52. The Kier molecular flexibility index (Phi) is 4.63. The van der Waals surface area contributed by atoms with Crippen LogP contribution in [0.25, 0.3) is 0 Å². The number of piperazine rings is 1. The number of hydrogen-bond acceptors (Lipinski definition) is 4. The Morgan fingerprint density at radius 1 is 1.30 bits per heavy atom. The van der Waals surface area contributed by atoms with Crippen LogP contribution in [-0.2, 0) is 13.6 Å². The highest BCUT2D eigenvalue weighted by Crippen LogP contribution is 2.18. The van der Waals surface area contributed by atoms with E-state index >= 15 is 0 Å². The van der Waals surface area contributed by atoms with Crippen LogP contribution in [0.3, 0.4) is 0 Å². The van der Waals surface area contributed by atoms with Crippen LogP contribution < -0.4 is 0 Å². The molecule has 0 N–H and O–H groups in total. The van der Waals surface area contributed by atoms with Crippen LogP contribution in [0.1, 0.15) is 21.7 Å². The van der Waals surface area contributed by atoms with Gasteiger partial charge < -0.3 is 4.90 Å². The van der Waals surface area contributed by atoms with E-state index < -0.39 is 0 Å². The molecule has 0 aliphatic carbocycles. The third kappa shape index (κ3) is 3.38. The quantitative estimate of drug-likeness (QED) is 0.858. The van der Waals surface area contributed by atoms with Gasteiger partial charge in [-0.15, -0.1) is 0 Å². The Hall–Kier alpha value is -1.92. The summed E-state index contributed by atoms with van der Waals surface area (Å²) >= 11 is 6.06. The molecule has 0 saturated carbocycles. The van der Waals surface area contributed by atoms with Gasteiger partial charge in [-0.2, -0.15) is 5.10 Å². The molecule has 0 atom stereocenters. The van der Waals surface area contributed by atoms with Crippen molar-refractivity contribution in [1.82, 2.24) is 24.6 Å². The van der Waals surface area contributed by atoms with Crippen molar-refractivity contribution in [1.29, 1.82) is 0 Å². The van der Waals surface area contributed by atoms with Gasteiger partial charge in [0.25, 0.3) is 5.91 Å². The molecule has 3 rings (SSSR count). The van der Waals surface area contributed by atoms with Crippen molar-refractivity contribution < 1.29 is 4.79 Å². The molecule has 0 aromatic carbocycles. The van der Waals surface area contributed by atoms with Gasteiger partial charge >= 0.3 is 0 Å². The molecule has 2 aromatic heterocycles. The Morgan fingerprint density at radius 3 is 2.65 bits per heavy atom. The second kappa shape index (κ2) is 6.68. The van der Waals surface area contributed by atoms with Crippen molar-refractivity contribution in [3.05, 3.63) is 46.5 Å². The Labute approximate surface area is 140 Å². The largest absolute Gasteiger partial charge is 0.335 e. The van der Waals surface area contributed by atoms with E-state index in [1.165, 1.54) is 16.4 Å². The van der Waals surface area contributed by atoms with E-state index in [0.29, 0.717) is 23.8 Å². The molecule has 122 valence electrons. The molecule has 0 unspecified atom stereocenters. The standard InChI is InChI=1S/C16H20ClN5O/c1-12-4-3-5-18-14(12)11-21-6-8-22(9-7-21)16(23)15-13(17)10-19-20(15)2/h3-5,10H,6-9,11H2,1-2H3. The van der Waals surface area contributed by atoms with Crippen LogP contribution >= 0.6 is 11.6 Å². The Bertz CT molecular complexity index is 687. The number of carbonyl (C=O) groups excluding carboxylic acids is 1. The van der Waals surface area contributed by atoms with E-state index in [-0.39, 0.29) is 5.91 Å². The van der Waals surface area contributed by atoms with Crippen molar-refractivity contribution >= 4 is 17.5 Å². The predicted octanol–water partition coefficient (Wildman–Crippen LogP) is 1.73. The highest BCUT2D eigenvalue weighted by Gasteiger charge is 2.26. The Balaban J connectivity index is 1.60. The van der Waals surface area contributed by atoms with Gasteiger partial charge in [-0.05, 0) is 18.6 Å². The number of aromatic nitrogens is 3. The number of amides is 1. The fourth-order valence-electron chi connectivity index (χ4n) is 2.81. The zero-order chi connectivity index (χ0) is 16.4. The highest BCUT2D eigenvalue weighted by atomic mass is 35.5. The molecule has 7 heteroatoms. The van der Waals surface area contributed by atoms with Gasteiger partial charge in [-0.25, -0.2) is 0 Å². The Morgan fingerprint density at radius 2 is 2.04 bits per heavy atom. The summed E-state index contributed by atoms with van der Waals surface area (Å²) in [6.07, 6.45) is 3.33. The van der Waals surface area contributed by atoms with Crippen molar-refractivity contribution in [2.24, 2.45) is 7.05 Å². The summed E-state index contributed by atoms with van der Waals surface area (Å²) in [6, 6.07) is 4.03. The number of hydrogen-bond donors (Lipinski definition) is 0. The summed E-state index contributed by atoms with van der Waals surface area (Å²) in [5.74, 6) is -0.0522. The van der Waals surface area contributed by atoms with Crippen molar-refractivity contribution in [3.63, 3.8) is 0 Å². The van der Waals surface area contributed by atoms with Gasteiger partial charge in [0.15, 0.2) is 0 Å². The molecule has 23 heavy (non-hydrogen) atoms. The van der Waals surface area contributed by atoms with Crippen LogP contribution in [0.4, 0.5) is 0 Å². The lowest BCUT2D eigenvalue weighted by Crippen LogP contribution is -2.48. The first-order chi connectivity index (χ1) is 11.1. The smallest absolute Gasteiger partial charge is 0.273 e. The van der Waals surface area contributed by atoms with Crippen LogP contribution in [0, 0.1) is 6.92 Å². The van der Waals surface area contributed by atoms with Gasteiger partial charge in [0.1, 0.15) is 5.69 Å². The minimum Gasteiger partial charge on any atom is -0.335 e. The molecule has 0 bridgehead atoms. The summed E-state index contributed by atoms with van der Waals surface area (Å²) < 4.78 is 1.54. The van der Waals surface area contributed by atoms with Crippen LogP contribution in [0.5, 0.6) is 0 Å². The summed E-state index contributed by atoms with van der Waals surface area (Å²) in [7, 11) is 1.74. The topological polar surface area (TPSA) is 54.3 Å². The maximum absolute atomic E-state index is 12.6. The van der Waals surface area contributed by atoms with Gasteiger partial charge in [-0.3, -0.25) is 19.4 Å². The minimum absolute atomic E-state index is 0.0522. The van der Waals surface area contributed by atoms with E-state index in [1.54, 1.807) is 7.05 Å². The van der Waals surface area contributed by atoms with E-state index in [0.717, 1.165) is 25.3 Å². The summed E-state index contributed by atoms with van der Waals surface area (Å²) in [4.78, 5) is 21.2. The maximum Gasteiger partial charge on any atom is 0.273 e. The normalized spacial score (nSPS) is 15.9. The van der Waals surface area contributed by atoms with Gasteiger partial charge in [0.2, 0.25) is 0 Å². The fourth-order valence-corrected chi connectivity index (χ4v) is 3.05. The molecule has 0 radical (unpaired) electrons. The zero-order valence-electron chi connectivity index (χ0n) is 13.4. The van der Waals surface area contributed by atoms with Gasteiger partial charge in [-0.1, -0.05) is 17.7 Å². The van der Waals surface area contributed by atoms with E-state index in [2.05, 4.69) is 28.0 Å². The summed E-state index contributed by atoms with van der Waals surface area (Å²) in [5.41, 5.74) is 2.76. The van der Waals surface area contributed by atoms with Crippen LogP contribution in [0.15, 0.2) is 24.5 Å². The van der Waals surface area contributed by atoms with Crippen molar-refractivity contribution in [2.75, 3.05) is 26.2 Å². The molecule has 1 amide bonds. The van der Waals surface area contributed by atoms with E-state index in [9.17, 15) is 4.79 Å². The number of carbonyl (C=O) groups is 1. The molecule has 1 saturated heterocycles. The number of rotatable bonds is 3.